The van der Waals surface area contributed by atoms with Crippen LogP contribution in [0.25, 0.3) is 10.8 Å². The molecule has 0 amide bonds. The van der Waals surface area contributed by atoms with Crippen LogP contribution in [0.5, 0.6) is 0 Å². The van der Waals surface area contributed by atoms with Gasteiger partial charge in [0.1, 0.15) is 11.9 Å². The van der Waals surface area contributed by atoms with Gasteiger partial charge in [0, 0.05) is 5.56 Å². The second kappa shape index (κ2) is 7.51. The molecule has 3 N–H and O–H groups in total. The highest BCUT2D eigenvalue weighted by molar-refractivity contribution is 5.85. The van der Waals surface area contributed by atoms with Crippen LogP contribution in [0.1, 0.15) is 28.9 Å². The standard InChI is InChI=1S/C12H13N.C7H5FO2/c1-9(13)11-7-6-10-4-2-3-5-12(10)8-11;8-6-3-1-5(2-4-6)7(9)10/h2-9H,13H2,1H3;1-4H,(H,9,10)/t9-;/m1./s1. The average Bonchev–Trinajstić information content (AvgIpc) is 2.55. The largest absolute Gasteiger partial charge is 0.545 e. The van der Waals surface area contributed by atoms with E-state index >= 15 is 0 Å². The van der Waals surface area contributed by atoms with Gasteiger partial charge in [-0.1, -0.05) is 48.5 Å². The van der Waals surface area contributed by atoms with Gasteiger partial charge in [-0.2, -0.15) is 0 Å². The van der Waals surface area contributed by atoms with Crippen LogP contribution in [0.2, 0.25) is 0 Å². The predicted molar refractivity (Wildman–Crippen MR) is 86.0 cm³/mol. The number of benzene rings is 3. The van der Waals surface area contributed by atoms with Crippen molar-refractivity contribution in [3.63, 3.8) is 0 Å². The molecule has 3 aromatic carbocycles. The summed E-state index contributed by atoms with van der Waals surface area (Å²) >= 11 is 0. The Morgan fingerprint density at radius 1 is 1.00 bits per heavy atom. The lowest BCUT2D eigenvalue weighted by Crippen LogP contribution is -2.51. The van der Waals surface area contributed by atoms with Crippen molar-refractivity contribution in [3.05, 3.63) is 83.7 Å². The molecule has 1 atom stereocenters. The molecule has 0 spiro atoms. The SMILES string of the molecule is C[C@@H]([NH3+])c1ccc2ccccc2c1.O=C([O-])c1ccc(F)cc1. The molecule has 0 aliphatic carbocycles. The first-order valence-electron chi connectivity index (χ1n) is 7.26. The molecule has 3 aromatic rings. The summed E-state index contributed by atoms with van der Waals surface area (Å²) < 4.78 is 12.1. The quantitative estimate of drug-likeness (QED) is 0.789. The molecule has 0 heterocycles. The smallest absolute Gasteiger partial charge is 0.123 e. The highest BCUT2D eigenvalue weighted by Gasteiger charge is 2.02. The van der Waals surface area contributed by atoms with Gasteiger partial charge in [0.05, 0.1) is 5.97 Å². The third-order valence-electron chi connectivity index (χ3n) is 3.42. The lowest BCUT2D eigenvalue weighted by molar-refractivity contribution is -0.420. The third-order valence-corrected chi connectivity index (χ3v) is 3.42. The molecule has 0 aliphatic rings. The van der Waals surface area contributed by atoms with Gasteiger partial charge in [0.2, 0.25) is 0 Å². The van der Waals surface area contributed by atoms with Crippen LogP contribution in [0.3, 0.4) is 0 Å². The van der Waals surface area contributed by atoms with Crippen LogP contribution in [0, 0.1) is 5.82 Å². The normalized spacial score (nSPS) is 11.4. The molecular formula is C19H18FNO2. The van der Waals surface area contributed by atoms with Crippen LogP contribution in [0.15, 0.2) is 66.7 Å². The topological polar surface area (TPSA) is 67.8 Å². The van der Waals surface area contributed by atoms with Gasteiger partial charge in [-0.15, -0.1) is 0 Å². The Bertz CT molecular complexity index is 798. The van der Waals surface area contributed by atoms with E-state index in [1.165, 1.54) is 16.3 Å². The molecule has 0 radical (unpaired) electrons. The van der Waals surface area contributed by atoms with Crippen molar-refractivity contribution in [1.29, 1.82) is 0 Å². The van der Waals surface area contributed by atoms with Crippen molar-refractivity contribution in [1.82, 2.24) is 0 Å². The number of quaternary nitrogens is 1. The summed E-state index contributed by atoms with van der Waals surface area (Å²) in [5.41, 5.74) is 5.31. The van der Waals surface area contributed by atoms with Gasteiger partial charge in [-0.25, -0.2) is 4.39 Å². The van der Waals surface area contributed by atoms with Gasteiger partial charge in [-0.3, -0.25) is 0 Å². The number of hydrogen-bond donors (Lipinski definition) is 1. The van der Waals surface area contributed by atoms with Crippen molar-refractivity contribution >= 4 is 16.7 Å². The minimum absolute atomic E-state index is 0.0126. The maximum Gasteiger partial charge on any atom is 0.123 e. The lowest BCUT2D eigenvalue weighted by Gasteiger charge is -2.03. The van der Waals surface area contributed by atoms with E-state index in [-0.39, 0.29) is 5.56 Å². The number of rotatable bonds is 2. The number of fused-ring (bicyclic) bond motifs is 1. The first-order chi connectivity index (χ1) is 11.0. The molecule has 0 aromatic heterocycles. The molecule has 3 rings (SSSR count). The number of hydrogen-bond acceptors (Lipinski definition) is 2. The fourth-order valence-electron chi connectivity index (χ4n) is 2.10. The summed E-state index contributed by atoms with van der Waals surface area (Å²) in [5.74, 6) is -1.75. The van der Waals surface area contributed by atoms with E-state index in [1.54, 1.807) is 0 Å². The molecule has 23 heavy (non-hydrogen) atoms. The van der Waals surface area contributed by atoms with Crippen LogP contribution >= 0.6 is 0 Å². The average molecular weight is 311 g/mol. The Morgan fingerprint density at radius 3 is 2.17 bits per heavy atom. The molecule has 3 nitrogen and oxygen atoms in total. The zero-order chi connectivity index (χ0) is 16.8. The van der Waals surface area contributed by atoms with E-state index in [0.29, 0.717) is 6.04 Å². The molecule has 0 bridgehead atoms. The van der Waals surface area contributed by atoms with E-state index in [4.69, 9.17) is 0 Å². The van der Waals surface area contributed by atoms with Crippen molar-refractivity contribution in [3.8, 4) is 0 Å². The summed E-state index contributed by atoms with van der Waals surface area (Å²) in [6, 6.07) is 19.8. The number of carboxylic acid groups (broad SMARTS) is 1. The molecule has 0 saturated carbocycles. The molecule has 0 fully saturated rings. The van der Waals surface area contributed by atoms with Gasteiger partial charge < -0.3 is 15.6 Å². The number of carboxylic acids is 1. The van der Waals surface area contributed by atoms with E-state index in [0.717, 1.165) is 24.3 Å². The monoisotopic (exact) mass is 311 g/mol. The summed E-state index contributed by atoms with van der Waals surface area (Å²) in [4.78, 5) is 10.1. The molecule has 4 heteroatoms. The van der Waals surface area contributed by atoms with Crippen molar-refractivity contribution in [2.75, 3.05) is 0 Å². The molecular weight excluding hydrogens is 293 g/mol. The fraction of sp³-hybridized carbons (Fsp3) is 0.105. The Balaban J connectivity index is 0.000000174. The zero-order valence-corrected chi connectivity index (χ0v) is 12.8. The highest BCUT2D eigenvalue weighted by Crippen LogP contribution is 2.17. The summed E-state index contributed by atoms with van der Waals surface area (Å²) in [5, 5.41) is 12.7. The Morgan fingerprint density at radius 2 is 1.61 bits per heavy atom. The van der Waals surface area contributed by atoms with Crippen LogP contribution in [-0.2, 0) is 0 Å². The number of carbonyl (C=O) groups excluding carboxylic acids is 1. The van der Waals surface area contributed by atoms with Crippen LogP contribution < -0.4 is 10.8 Å². The zero-order valence-electron chi connectivity index (χ0n) is 12.8. The summed E-state index contributed by atoms with van der Waals surface area (Å²) in [7, 11) is 0. The minimum Gasteiger partial charge on any atom is -0.545 e. The van der Waals surface area contributed by atoms with Gasteiger partial charge >= 0.3 is 0 Å². The number of halogens is 1. The summed E-state index contributed by atoms with van der Waals surface area (Å²) in [6.45, 7) is 2.12. The van der Waals surface area contributed by atoms with Crippen LogP contribution in [-0.4, -0.2) is 5.97 Å². The number of aromatic carboxylic acids is 1. The van der Waals surface area contributed by atoms with E-state index in [9.17, 15) is 14.3 Å². The second-order valence-corrected chi connectivity index (χ2v) is 5.30. The highest BCUT2D eigenvalue weighted by atomic mass is 19.1. The van der Waals surface area contributed by atoms with Gasteiger partial charge in [-0.05, 0) is 41.5 Å². The molecule has 118 valence electrons. The van der Waals surface area contributed by atoms with Crippen molar-refractivity contribution in [2.24, 2.45) is 0 Å². The van der Waals surface area contributed by atoms with E-state index < -0.39 is 11.8 Å². The van der Waals surface area contributed by atoms with Crippen molar-refractivity contribution in [2.45, 2.75) is 13.0 Å². The third kappa shape index (κ3) is 4.63. The lowest BCUT2D eigenvalue weighted by atomic mass is 10.0. The van der Waals surface area contributed by atoms with Crippen molar-refractivity contribution < 1.29 is 20.0 Å². The summed E-state index contributed by atoms with van der Waals surface area (Å²) in [6.07, 6.45) is 0. The molecule has 0 saturated heterocycles. The second-order valence-electron chi connectivity index (χ2n) is 5.30. The Kier molecular flexibility index (Phi) is 5.44. The molecule has 0 unspecified atom stereocenters. The maximum absolute atomic E-state index is 12.1. The minimum atomic E-state index is -1.29. The number of carbonyl (C=O) groups is 1. The van der Waals surface area contributed by atoms with E-state index in [2.05, 4.69) is 55.1 Å². The van der Waals surface area contributed by atoms with Gasteiger partial charge in [0.15, 0.2) is 0 Å². The van der Waals surface area contributed by atoms with Crippen LogP contribution in [0.4, 0.5) is 4.39 Å². The predicted octanol–water partition coefficient (Wildman–Crippen LogP) is 2.33. The van der Waals surface area contributed by atoms with E-state index in [1.807, 2.05) is 0 Å². The first kappa shape index (κ1) is 16.6. The molecule has 0 aliphatic heterocycles. The Hall–Kier alpha value is -2.72. The first-order valence-corrected chi connectivity index (χ1v) is 7.26. The van der Waals surface area contributed by atoms with Gasteiger partial charge in [0.25, 0.3) is 0 Å². The fourth-order valence-corrected chi connectivity index (χ4v) is 2.10. The maximum atomic E-state index is 12.1. The Labute approximate surface area is 134 Å².